The minimum absolute atomic E-state index is 0.114. The second-order valence-corrected chi connectivity index (χ2v) is 10.5. The van der Waals surface area contributed by atoms with Gasteiger partial charge < -0.3 is 14.4 Å². The van der Waals surface area contributed by atoms with E-state index in [1.54, 1.807) is 36.1 Å². The van der Waals surface area contributed by atoms with Crippen LogP contribution in [0.15, 0.2) is 70.1 Å². The van der Waals surface area contributed by atoms with Crippen LogP contribution in [0, 0.1) is 10.1 Å². The lowest BCUT2D eigenvalue weighted by molar-refractivity contribution is -0.385. The fourth-order valence-corrected chi connectivity index (χ4v) is 5.81. The monoisotopic (exact) mass is 596 g/mol. The van der Waals surface area contributed by atoms with Crippen LogP contribution in [-0.2, 0) is 4.79 Å². The lowest BCUT2D eigenvalue weighted by atomic mass is 9.94. The molecule has 0 bridgehead atoms. The van der Waals surface area contributed by atoms with E-state index in [4.69, 9.17) is 21.1 Å². The third kappa shape index (κ3) is 5.82. The Labute approximate surface area is 245 Å². The molecule has 1 aliphatic rings. The van der Waals surface area contributed by atoms with E-state index in [1.165, 1.54) is 36.0 Å². The molecule has 0 saturated heterocycles. The van der Waals surface area contributed by atoms with Gasteiger partial charge in [0.15, 0.2) is 16.3 Å². The number of halogens is 1. The molecule has 2 heterocycles. The first-order chi connectivity index (χ1) is 19.6. The molecule has 10 nitrogen and oxygen atoms in total. The highest BCUT2D eigenvalue weighted by Gasteiger charge is 2.34. The predicted molar refractivity (Wildman–Crippen MR) is 158 cm³/mol. The number of likely N-dealkylation sites (N-methyl/N-ethyl adjacent to an activating group) is 1. The third-order valence-corrected chi connectivity index (χ3v) is 7.85. The summed E-state index contributed by atoms with van der Waals surface area (Å²) in [4.78, 5) is 45.6. The molecule has 0 unspecified atom stereocenters. The van der Waals surface area contributed by atoms with E-state index in [2.05, 4.69) is 11.6 Å². The van der Waals surface area contributed by atoms with Gasteiger partial charge in [0.2, 0.25) is 0 Å². The Morgan fingerprint density at radius 3 is 2.54 bits per heavy atom. The van der Waals surface area contributed by atoms with E-state index in [0.29, 0.717) is 39.7 Å². The number of nitrogens with zero attached hydrogens (tertiary/aromatic N) is 4. The molecule has 4 rings (SSSR count). The van der Waals surface area contributed by atoms with Crippen molar-refractivity contribution in [1.82, 2.24) is 9.47 Å². The molecule has 0 N–H and O–H groups in total. The van der Waals surface area contributed by atoms with Crippen molar-refractivity contribution >= 4 is 40.6 Å². The average Bonchev–Trinajstić information content (AvgIpc) is 3.26. The van der Waals surface area contributed by atoms with Crippen LogP contribution >= 0.6 is 22.9 Å². The summed E-state index contributed by atoms with van der Waals surface area (Å²) >= 11 is 7.27. The van der Waals surface area contributed by atoms with Gasteiger partial charge in [-0.3, -0.25) is 24.3 Å². The number of rotatable bonds is 10. The van der Waals surface area contributed by atoms with E-state index >= 15 is 0 Å². The van der Waals surface area contributed by atoms with Gasteiger partial charge in [-0.1, -0.05) is 47.7 Å². The van der Waals surface area contributed by atoms with Crippen molar-refractivity contribution in [2.45, 2.75) is 26.8 Å². The van der Waals surface area contributed by atoms with Gasteiger partial charge in [-0.25, -0.2) is 4.99 Å². The fourth-order valence-electron chi connectivity index (χ4n) is 4.65. The van der Waals surface area contributed by atoms with Gasteiger partial charge in [0.1, 0.15) is 6.61 Å². The van der Waals surface area contributed by atoms with Crippen LogP contribution in [0.3, 0.4) is 0 Å². The summed E-state index contributed by atoms with van der Waals surface area (Å²) in [5.74, 6) is 0.155. The van der Waals surface area contributed by atoms with Crippen LogP contribution in [-0.4, -0.2) is 47.1 Å². The lowest BCUT2D eigenvalue weighted by Crippen LogP contribution is -2.43. The highest BCUT2D eigenvalue weighted by molar-refractivity contribution is 7.07. The molecule has 1 atom stereocenters. The smallest absolute Gasteiger partial charge is 0.274 e. The van der Waals surface area contributed by atoms with Gasteiger partial charge in [-0.05, 0) is 44.5 Å². The number of aromatic nitrogens is 1. The summed E-state index contributed by atoms with van der Waals surface area (Å²) in [5, 5.41) is 12.2. The topological polar surface area (TPSA) is 116 Å². The number of non-ortho nitro benzene ring substituents is 1. The molecule has 3 aromatic rings. The summed E-state index contributed by atoms with van der Waals surface area (Å²) in [7, 11) is 1.38. The molecular weight excluding hydrogens is 568 g/mol. The highest BCUT2D eigenvalue weighted by atomic mass is 35.5. The number of amides is 1. The number of ether oxygens (including phenoxy) is 2. The average molecular weight is 597 g/mol. The molecule has 0 saturated carbocycles. The van der Waals surface area contributed by atoms with Crippen molar-refractivity contribution in [3.8, 4) is 11.5 Å². The van der Waals surface area contributed by atoms with Gasteiger partial charge >= 0.3 is 0 Å². The zero-order valence-corrected chi connectivity index (χ0v) is 24.6. The first-order valence-electron chi connectivity index (χ1n) is 12.8. The Kier molecular flexibility index (Phi) is 9.09. The first-order valence-corrected chi connectivity index (χ1v) is 14.0. The summed E-state index contributed by atoms with van der Waals surface area (Å²) in [6.45, 7) is 10.3. The van der Waals surface area contributed by atoms with Crippen molar-refractivity contribution in [3.05, 3.63) is 106 Å². The number of carbonyl (C=O) groups excluding carboxylic acids is 1. The zero-order valence-electron chi connectivity index (χ0n) is 23.0. The Morgan fingerprint density at radius 1 is 1.27 bits per heavy atom. The second kappa shape index (κ2) is 12.5. The number of methoxy groups -OCH3 is 1. The largest absolute Gasteiger partial charge is 0.493 e. The molecule has 2 aromatic carbocycles. The van der Waals surface area contributed by atoms with Gasteiger partial charge in [0.25, 0.3) is 17.2 Å². The van der Waals surface area contributed by atoms with Crippen molar-refractivity contribution in [1.29, 1.82) is 0 Å². The third-order valence-electron chi connectivity index (χ3n) is 6.62. The number of benzene rings is 2. The number of fused-ring (bicyclic) bond motifs is 1. The molecule has 1 aliphatic heterocycles. The maximum atomic E-state index is 14.0. The lowest BCUT2D eigenvalue weighted by Gasteiger charge is -2.29. The van der Waals surface area contributed by atoms with E-state index in [-0.39, 0.29) is 39.8 Å². The van der Waals surface area contributed by atoms with Crippen molar-refractivity contribution < 1.29 is 19.2 Å². The Morgan fingerprint density at radius 2 is 1.95 bits per heavy atom. The number of hydrogen-bond acceptors (Lipinski definition) is 8. The number of thiazole rings is 1. The molecular formula is C29H29ClN4O6S. The fraction of sp³-hybridized carbons (Fsp3) is 0.276. The number of hydrogen-bond donors (Lipinski definition) is 0. The van der Waals surface area contributed by atoms with Gasteiger partial charge in [0.05, 0.1) is 39.9 Å². The Bertz CT molecular complexity index is 1720. The summed E-state index contributed by atoms with van der Waals surface area (Å²) < 4.78 is 12.9. The molecule has 0 aliphatic carbocycles. The summed E-state index contributed by atoms with van der Waals surface area (Å²) in [6.07, 6.45) is 3.05. The van der Waals surface area contributed by atoms with Gasteiger partial charge in [-0.2, -0.15) is 0 Å². The molecule has 0 radical (unpaired) electrons. The zero-order chi connectivity index (χ0) is 29.8. The standard InChI is InChI=1S/C29H29ClN4O6S/c1-6-13-40-26-19(14-21(34(37)38)16-22(26)39-5)15-23-27(35)33-25(18-9-11-20(30)12-10-18)24(17(4)31-29(33)41-23)28(36)32(7-2)8-3/h6,9-12,14-16,25H,1,7-8,13H2,2-5H3/b23-15-/t25-/m1/s1. The van der Waals surface area contributed by atoms with Crippen LogP contribution in [0.5, 0.6) is 11.5 Å². The minimum Gasteiger partial charge on any atom is -0.493 e. The first kappa shape index (κ1) is 29.8. The SMILES string of the molecule is C=CCOc1c(/C=c2\sc3n(c2=O)[C@H](c2ccc(Cl)cc2)C(C(=O)N(CC)CC)=C(C)N=3)cc([N+](=O)[O-])cc1OC. The van der Waals surface area contributed by atoms with Crippen LogP contribution in [0.25, 0.3) is 6.08 Å². The Hall–Kier alpha value is -4.22. The molecule has 41 heavy (non-hydrogen) atoms. The number of nitro benzene ring substituents is 1. The molecule has 1 amide bonds. The maximum absolute atomic E-state index is 14.0. The van der Waals surface area contributed by atoms with Crippen molar-refractivity contribution in [2.24, 2.45) is 4.99 Å². The summed E-state index contributed by atoms with van der Waals surface area (Å²) in [5.41, 5.74) is 1.23. The maximum Gasteiger partial charge on any atom is 0.274 e. The minimum atomic E-state index is -0.755. The Balaban J connectivity index is 2.00. The van der Waals surface area contributed by atoms with Gasteiger partial charge in [-0.15, -0.1) is 0 Å². The van der Waals surface area contributed by atoms with E-state index in [9.17, 15) is 19.7 Å². The normalized spacial score (nSPS) is 14.8. The molecule has 0 spiro atoms. The molecule has 12 heteroatoms. The van der Waals surface area contributed by atoms with Crippen LogP contribution in [0.2, 0.25) is 5.02 Å². The van der Waals surface area contributed by atoms with E-state index < -0.39 is 16.5 Å². The highest BCUT2D eigenvalue weighted by Crippen LogP contribution is 2.36. The predicted octanol–water partition coefficient (Wildman–Crippen LogP) is 4.24. The van der Waals surface area contributed by atoms with Crippen LogP contribution in [0.1, 0.15) is 37.9 Å². The molecule has 0 fully saturated rings. The molecule has 214 valence electrons. The van der Waals surface area contributed by atoms with Crippen LogP contribution in [0.4, 0.5) is 5.69 Å². The second-order valence-electron chi connectivity index (χ2n) is 9.03. The van der Waals surface area contributed by atoms with Crippen LogP contribution < -0.4 is 24.4 Å². The van der Waals surface area contributed by atoms with Gasteiger partial charge in [0, 0.05) is 29.7 Å². The number of allylic oxidation sites excluding steroid dienone is 1. The van der Waals surface area contributed by atoms with E-state index in [1.807, 2.05) is 13.8 Å². The van der Waals surface area contributed by atoms with Crippen molar-refractivity contribution in [3.63, 3.8) is 0 Å². The number of nitro groups is 1. The number of carbonyl (C=O) groups is 1. The molecule has 1 aromatic heterocycles. The van der Waals surface area contributed by atoms with E-state index in [0.717, 1.165) is 11.3 Å². The summed E-state index contributed by atoms with van der Waals surface area (Å²) in [6, 6.07) is 8.80. The van der Waals surface area contributed by atoms with Crippen molar-refractivity contribution in [2.75, 3.05) is 26.8 Å². The quantitative estimate of drug-likeness (QED) is 0.196.